The van der Waals surface area contributed by atoms with Crippen LogP contribution in [0.15, 0.2) is 24.3 Å². The number of esters is 2. The second-order valence-corrected chi connectivity index (χ2v) is 9.31. The van der Waals surface area contributed by atoms with Crippen LogP contribution in [0.5, 0.6) is 0 Å². The predicted molar refractivity (Wildman–Crippen MR) is 108 cm³/mol. The highest BCUT2D eigenvalue weighted by atomic mass is 31.2. The molecule has 10 nitrogen and oxygen atoms in total. The molecule has 2 atom stereocenters. The van der Waals surface area contributed by atoms with Gasteiger partial charge in [-0.05, 0) is 53.7 Å². The number of rotatable bonds is 10. The Morgan fingerprint density at radius 3 is 1.59 bits per heavy atom. The number of carbonyl (C=O) groups excluding carboxylic acids is 2. The first-order valence-electron chi connectivity index (χ1n) is 9.17. The van der Waals surface area contributed by atoms with Gasteiger partial charge >= 0.3 is 11.9 Å². The minimum Gasteiger partial charge on any atom is -0.462 e. The van der Waals surface area contributed by atoms with Gasteiger partial charge in [0, 0.05) is 17.4 Å². The molecule has 0 bridgehead atoms. The van der Waals surface area contributed by atoms with Crippen LogP contribution < -0.4 is 15.5 Å². The third kappa shape index (κ3) is 7.56. The van der Waals surface area contributed by atoms with E-state index in [4.69, 9.17) is 9.47 Å². The number of hydrogen-bond donors (Lipinski definition) is 2. The fourth-order valence-corrected chi connectivity index (χ4v) is 4.53. The second-order valence-electron chi connectivity index (χ2n) is 7.06. The summed E-state index contributed by atoms with van der Waals surface area (Å²) in [6.45, 7) is 9.68. The van der Waals surface area contributed by atoms with E-state index in [1.54, 1.807) is 27.7 Å². The van der Waals surface area contributed by atoms with Crippen LogP contribution in [0.25, 0.3) is 0 Å². The number of hydrogen-bond acceptors (Lipinski definition) is 7. The molecule has 0 saturated heterocycles. The van der Waals surface area contributed by atoms with E-state index in [-0.39, 0.29) is 23.2 Å². The maximum absolute atomic E-state index is 13.7. The molecule has 0 spiro atoms. The molecule has 0 unspecified atom stereocenters. The van der Waals surface area contributed by atoms with Gasteiger partial charge in [0.1, 0.15) is 12.1 Å². The third-order valence-corrected chi connectivity index (χ3v) is 6.11. The van der Waals surface area contributed by atoms with Gasteiger partial charge < -0.3 is 9.47 Å². The number of nitro benzene ring substituents is 1. The summed E-state index contributed by atoms with van der Waals surface area (Å²) in [6.07, 6.45) is -0.725. The zero-order valence-corrected chi connectivity index (χ0v) is 18.3. The molecule has 11 heteroatoms. The molecule has 0 radical (unpaired) electrons. The molecule has 0 aromatic heterocycles. The summed E-state index contributed by atoms with van der Waals surface area (Å²) in [5, 5.41) is 16.4. The van der Waals surface area contributed by atoms with Crippen molar-refractivity contribution in [2.45, 2.75) is 65.8 Å². The summed E-state index contributed by atoms with van der Waals surface area (Å²) in [6, 6.07) is 3.05. The number of nitrogens with zero attached hydrogens (tertiary/aromatic N) is 1. The third-order valence-electron chi connectivity index (χ3n) is 3.59. The Labute approximate surface area is 170 Å². The highest BCUT2D eigenvalue weighted by Gasteiger charge is 2.34. The smallest absolute Gasteiger partial charge is 0.323 e. The Balaban J connectivity index is 3.18. The Morgan fingerprint density at radius 2 is 1.28 bits per heavy atom. The summed E-state index contributed by atoms with van der Waals surface area (Å²) in [5.74, 6) is -1.25. The fourth-order valence-electron chi connectivity index (χ4n) is 2.29. The highest BCUT2D eigenvalue weighted by molar-refractivity contribution is 7.67. The van der Waals surface area contributed by atoms with Gasteiger partial charge in [-0.1, -0.05) is 0 Å². The first-order chi connectivity index (χ1) is 13.4. The van der Waals surface area contributed by atoms with E-state index in [1.165, 1.54) is 38.1 Å². The molecule has 0 amide bonds. The SMILES string of the molecule is CC(C)OC(=O)[C@H](C)NP(=O)(N[C@@H](C)C(=O)OC(C)C)c1ccc([N+](=O)[O-])cc1. The first-order valence-corrected chi connectivity index (χ1v) is 10.9. The van der Waals surface area contributed by atoms with E-state index in [0.29, 0.717) is 0 Å². The van der Waals surface area contributed by atoms with Crippen molar-refractivity contribution in [3.8, 4) is 0 Å². The standard InChI is InChI=1S/C18H28N3O7P/c1-11(2)27-17(22)13(5)19-29(26,20-14(6)18(23)28-12(3)4)16-9-7-15(8-10-16)21(24)25/h7-14H,1-6H3,(H2,19,20,26)/t13-,14-/m0/s1. The summed E-state index contributed by atoms with van der Waals surface area (Å²) >= 11 is 0. The lowest BCUT2D eigenvalue weighted by molar-refractivity contribution is -0.384. The molecular formula is C18H28N3O7P. The number of carbonyl (C=O) groups is 2. The van der Waals surface area contributed by atoms with Gasteiger partial charge in [0.05, 0.1) is 17.1 Å². The normalized spacial score (nSPS) is 13.8. The summed E-state index contributed by atoms with van der Waals surface area (Å²) < 4.78 is 23.9. The van der Waals surface area contributed by atoms with E-state index in [1.807, 2.05) is 0 Å². The van der Waals surface area contributed by atoms with Crippen molar-refractivity contribution in [3.05, 3.63) is 34.4 Å². The highest BCUT2D eigenvalue weighted by Crippen LogP contribution is 2.37. The molecule has 2 N–H and O–H groups in total. The van der Waals surface area contributed by atoms with E-state index in [0.717, 1.165) is 0 Å². The Hall–Kier alpha value is -2.29. The van der Waals surface area contributed by atoms with Crippen LogP contribution in [0.2, 0.25) is 0 Å². The van der Waals surface area contributed by atoms with Crippen molar-refractivity contribution in [1.82, 2.24) is 10.2 Å². The number of benzene rings is 1. The van der Waals surface area contributed by atoms with Crippen LogP contribution in [0.4, 0.5) is 5.69 Å². The van der Waals surface area contributed by atoms with Gasteiger partial charge in [-0.2, -0.15) is 0 Å². The lowest BCUT2D eigenvalue weighted by atomic mass is 10.3. The Bertz CT molecular complexity index is 746. The number of ether oxygens (including phenoxy) is 2. The van der Waals surface area contributed by atoms with E-state index >= 15 is 0 Å². The van der Waals surface area contributed by atoms with Crippen LogP contribution in [0.1, 0.15) is 41.5 Å². The summed E-state index contributed by atoms with van der Waals surface area (Å²) in [5.41, 5.74) is -0.181. The molecule has 0 fully saturated rings. The zero-order chi connectivity index (χ0) is 22.4. The van der Waals surface area contributed by atoms with E-state index in [9.17, 15) is 24.3 Å². The quantitative estimate of drug-likeness (QED) is 0.248. The van der Waals surface area contributed by atoms with Gasteiger partial charge in [0.15, 0.2) is 0 Å². The molecule has 0 aliphatic rings. The molecule has 0 heterocycles. The summed E-state index contributed by atoms with van der Waals surface area (Å²) in [4.78, 5) is 34.6. The van der Waals surface area contributed by atoms with Crippen LogP contribution >= 0.6 is 7.44 Å². The van der Waals surface area contributed by atoms with Crippen LogP contribution in [0.3, 0.4) is 0 Å². The van der Waals surface area contributed by atoms with Crippen LogP contribution in [0, 0.1) is 10.1 Å². The van der Waals surface area contributed by atoms with Crippen molar-refractivity contribution >= 4 is 30.4 Å². The lowest BCUT2D eigenvalue weighted by Crippen LogP contribution is -2.45. The van der Waals surface area contributed by atoms with E-state index < -0.39 is 36.4 Å². The van der Waals surface area contributed by atoms with Crippen LogP contribution in [-0.4, -0.2) is 41.2 Å². The topological polar surface area (TPSA) is 137 Å². The summed E-state index contributed by atoms with van der Waals surface area (Å²) in [7, 11) is -3.75. The average molecular weight is 429 g/mol. The Kier molecular flexibility index (Phi) is 8.94. The van der Waals surface area contributed by atoms with Gasteiger partial charge in [-0.3, -0.25) is 24.3 Å². The Morgan fingerprint density at radius 1 is 0.897 bits per heavy atom. The van der Waals surface area contributed by atoms with Gasteiger partial charge in [0.2, 0.25) is 7.44 Å². The largest absolute Gasteiger partial charge is 0.462 e. The molecular weight excluding hydrogens is 401 g/mol. The monoisotopic (exact) mass is 429 g/mol. The minimum absolute atomic E-state index is 0.163. The van der Waals surface area contributed by atoms with Crippen molar-refractivity contribution in [1.29, 1.82) is 0 Å². The van der Waals surface area contributed by atoms with Crippen molar-refractivity contribution in [3.63, 3.8) is 0 Å². The minimum atomic E-state index is -3.75. The molecule has 1 aromatic rings. The van der Waals surface area contributed by atoms with Gasteiger partial charge in [-0.15, -0.1) is 0 Å². The molecule has 0 aliphatic carbocycles. The van der Waals surface area contributed by atoms with Crippen LogP contribution in [-0.2, 0) is 23.6 Å². The predicted octanol–water partition coefficient (Wildman–Crippen LogP) is 2.27. The first kappa shape index (κ1) is 24.7. The average Bonchev–Trinajstić information content (AvgIpc) is 2.60. The number of non-ortho nitro benzene ring substituents is 1. The second kappa shape index (κ2) is 10.5. The molecule has 1 aromatic carbocycles. The van der Waals surface area contributed by atoms with E-state index in [2.05, 4.69) is 10.2 Å². The van der Waals surface area contributed by atoms with Crippen molar-refractivity contribution < 1.29 is 28.6 Å². The zero-order valence-electron chi connectivity index (χ0n) is 17.4. The van der Waals surface area contributed by atoms with Crippen molar-refractivity contribution in [2.75, 3.05) is 0 Å². The van der Waals surface area contributed by atoms with Gasteiger partial charge in [-0.25, -0.2) is 10.2 Å². The maximum Gasteiger partial charge on any atom is 0.323 e. The molecule has 162 valence electrons. The number of nitrogens with one attached hydrogen (secondary N) is 2. The number of nitro groups is 1. The van der Waals surface area contributed by atoms with Crippen molar-refractivity contribution in [2.24, 2.45) is 0 Å². The molecule has 0 aliphatic heterocycles. The molecule has 1 rings (SSSR count). The molecule has 0 saturated carbocycles. The maximum atomic E-state index is 13.7. The fraction of sp³-hybridized carbons (Fsp3) is 0.556. The molecule has 29 heavy (non-hydrogen) atoms. The van der Waals surface area contributed by atoms with Gasteiger partial charge in [0.25, 0.3) is 5.69 Å². The lowest BCUT2D eigenvalue weighted by Gasteiger charge is -2.27.